The van der Waals surface area contributed by atoms with Crippen LogP contribution in [0.25, 0.3) is 0 Å². The summed E-state index contributed by atoms with van der Waals surface area (Å²) in [5, 5.41) is 0. The van der Waals surface area contributed by atoms with Crippen LogP contribution < -0.4 is 10.5 Å². The lowest BCUT2D eigenvalue weighted by Crippen LogP contribution is -2.30. The highest BCUT2D eigenvalue weighted by Crippen LogP contribution is 2.32. The van der Waals surface area contributed by atoms with Gasteiger partial charge in [-0.05, 0) is 101 Å². The summed E-state index contributed by atoms with van der Waals surface area (Å²) in [4.78, 5) is 11.3. The Bertz CT molecular complexity index is 678. The van der Waals surface area contributed by atoms with Gasteiger partial charge < -0.3 is 10.5 Å². The first kappa shape index (κ1) is 17.7. The summed E-state index contributed by atoms with van der Waals surface area (Å²) in [6.07, 6.45) is 0.551. The molecule has 22 heavy (non-hydrogen) atoms. The Kier molecular flexibility index (Phi) is 6.22. The number of carbonyl (C=O) groups excluding carboxylic acids is 1. The number of rotatable bonds is 5. The number of nitrogens with two attached hydrogens (primary N) is 1. The van der Waals surface area contributed by atoms with Gasteiger partial charge in [0.2, 0.25) is 0 Å². The minimum Gasteiger partial charge on any atom is -0.456 e. The van der Waals surface area contributed by atoms with Crippen molar-refractivity contribution < 1.29 is 9.53 Å². The third kappa shape index (κ3) is 4.66. The fraction of sp³-hybridized carbons (Fsp3) is 0.235. The first-order chi connectivity index (χ1) is 10.4. The van der Waals surface area contributed by atoms with Crippen molar-refractivity contribution in [2.75, 3.05) is 0 Å². The number of ketones is 1. The molecule has 5 heteroatoms. The van der Waals surface area contributed by atoms with E-state index >= 15 is 0 Å². The minimum atomic E-state index is -0.447. The van der Waals surface area contributed by atoms with Gasteiger partial charge in [0.25, 0.3) is 0 Å². The van der Waals surface area contributed by atoms with Crippen molar-refractivity contribution in [1.82, 2.24) is 0 Å². The standard InChI is InChI=1S/C17H17I2NO2/c1-10-6-12(8-16(20)11(2)21)7-15(19)17(10)22-14-5-3-4-13(18)9-14/h3-7,9,16H,8,20H2,1-2H3/t16-/m1/s1. The lowest BCUT2D eigenvalue weighted by atomic mass is 10.0. The second-order valence-corrected chi connectivity index (χ2v) is 7.61. The van der Waals surface area contributed by atoms with Gasteiger partial charge in [-0.2, -0.15) is 0 Å². The molecule has 0 bridgehead atoms. The molecule has 3 nitrogen and oxygen atoms in total. The number of aryl methyl sites for hydroxylation is 1. The van der Waals surface area contributed by atoms with Crippen molar-refractivity contribution in [3.05, 3.63) is 54.7 Å². The third-order valence-corrected chi connectivity index (χ3v) is 4.76. The number of hydrogen-bond acceptors (Lipinski definition) is 3. The fourth-order valence-corrected chi connectivity index (χ4v) is 3.55. The highest BCUT2D eigenvalue weighted by molar-refractivity contribution is 14.1. The van der Waals surface area contributed by atoms with Crippen molar-refractivity contribution in [3.8, 4) is 11.5 Å². The Hall–Kier alpha value is -0.670. The highest BCUT2D eigenvalue weighted by atomic mass is 127. The normalized spacial score (nSPS) is 12.0. The Labute approximate surface area is 157 Å². The molecule has 0 saturated heterocycles. The van der Waals surface area contributed by atoms with Crippen LogP contribution in [0.5, 0.6) is 11.5 Å². The zero-order chi connectivity index (χ0) is 16.3. The number of benzene rings is 2. The Morgan fingerprint density at radius 2 is 2.00 bits per heavy atom. The molecule has 2 aromatic carbocycles. The van der Waals surface area contributed by atoms with Crippen molar-refractivity contribution in [2.24, 2.45) is 5.73 Å². The minimum absolute atomic E-state index is 0.00634. The van der Waals surface area contributed by atoms with Gasteiger partial charge in [-0.3, -0.25) is 4.79 Å². The highest BCUT2D eigenvalue weighted by Gasteiger charge is 2.13. The predicted molar refractivity (Wildman–Crippen MR) is 105 cm³/mol. The summed E-state index contributed by atoms with van der Waals surface area (Å²) in [6, 6.07) is 11.6. The molecule has 0 spiro atoms. The van der Waals surface area contributed by atoms with Crippen molar-refractivity contribution >= 4 is 51.0 Å². The van der Waals surface area contributed by atoms with Crippen molar-refractivity contribution in [3.63, 3.8) is 0 Å². The molecule has 2 N–H and O–H groups in total. The van der Waals surface area contributed by atoms with E-state index in [2.05, 4.69) is 45.2 Å². The number of carbonyl (C=O) groups is 1. The van der Waals surface area contributed by atoms with Crippen LogP contribution in [0, 0.1) is 14.1 Å². The molecule has 2 aromatic rings. The second-order valence-electron chi connectivity index (χ2n) is 5.20. The Balaban J connectivity index is 2.25. The molecule has 0 aliphatic rings. The number of halogens is 2. The van der Waals surface area contributed by atoms with E-state index in [1.807, 2.05) is 43.3 Å². The predicted octanol–water partition coefficient (Wildman–Crippen LogP) is 4.46. The molecule has 0 saturated carbocycles. The summed E-state index contributed by atoms with van der Waals surface area (Å²) in [5.41, 5.74) is 7.94. The first-order valence-corrected chi connectivity index (χ1v) is 9.01. The van der Waals surface area contributed by atoms with Crippen molar-refractivity contribution in [1.29, 1.82) is 0 Å². The molecule has 0 amide bonds. The average molecular weight is 521 g/mol. The van der Waals surface area contributed by atoms with Gasteiger partial charge in [0.1, 0.15) is 17.3 Å². The zero-order valence-electron chi connectivity index (χ0n) is 12.4. The number of ether oxygens (including phenoxy) is 1. The van der Waals surface area contributed by atoms with Gasteiger partial charge >= 0.3 is 0 Å². The van der Waals surface area contributed by atoms with Crippen LogP contribution in [0.15, 0.2) is 36.4 Å². The molecule has 0 fully saturated rings. The van der Waals surface area contributed by atoms with Crippen LogP contribution in [0.4, 0.5) is 0 Å². The summed E-state index contributed by atoms with van der Waals surface area (Å²) in [6.45, 7) is 3.53. The Morgan fingerprint density at radius 3 is 2.59 bits per heavy atom. The van der Waals surface area contributed by atoms with Gasteiger partial charge in [-0.1, -0.05) is 12.1 Å². The molecular weight excluding hydrogens is 504 g/mol. The van der Waals surface area contributed by atoms with Crippen LogP contribution in [0.3, 0.4) is 0 Å². The molecule has 0 unspecified atom stereocenters. The summed E-state index contributed by atoms with van der Waals surface area (Å²) in [5.74, 6) is 1.68. The van der Waals surface area contributed by atoms with E-state index in [1.165, 1.54) is 6.92 Å². The van der Waals surface area contributed by atoms with E-state index in [0.717, 1.165) is 29.8 Å². The quantitative estimate of drug-likeness (QED) is 0.592. The van der Waals surface area contributed by atoms with Gasteiger partial charge in [0.05, 0.1) is 9.61 Å². The largest absolute Gasteiger partial charge is 0.456 e. The average Bonchev–Trinajstić information content (AvgIpc) is 2.43. The molecule has 2 rings (SSSR count). The SMILES string of the molecule is CC(=O)[C@H](N)Cc1cc(C)c(Oc2cccc(I)c2)c(I)c1. The van der Waals surface area contributed by atoms with Gasteiger partial charge in [0, 0.05) is 3.57 Å². The number of Topliss-reactive ketones (excluding diaryl/α,β-unsaturated/α-hetero) is 1. The summed E-state index contributed by atoms with van der Waals surface area (Å²) < 4.78 is 8.16. The van der Waals surface area contributed by atoms with E-state index in [0.29, 0.717) is 6.42 Å². The molecule has 0 aliphatic heterocycles. The maximum absolute atomic E-state index is 11.3. The Morgan fingerprint density at radius 1 is 1.27 bits per heavy atom. The molecule has 0 radical (unpaired) electrons. The third-order valence-electron chi connectivity index (χ3n) is 3.28. The van der Waals surface area contributed by atoms with E-state index in [-0.39, 0.29) is 5.78 Å². The van der Waals surface area contributed by atoms with Gasteiger partial charge in [-0.15, -0.1) is 0 Å². The molecule has 1 atom stereocenters. The molecule has 116 valence electrons. The van der Waals surface area contributed by atoms with Crippen LogP contribution in [-0.4, -0.2) is 11.8 Å². The van der Waals surface area contributed by atoms with Gasteiger partial charge in [-0.25, -0.2) is 0 Å². The fourth-order valence-electron chi connectivity index (χ4n) is 2.10. The van der Waals surface area contributed by atoms with E-state index < -0.39 is 6.04 Å². The van der Waals surface area contributed by atoms with Crippen LogP contribution in [0.2, 0.25) is 0 Å². The molecule has 0 heterocycles. The lowest BCUT2D eigenvalue weighted by Gasteiger charge is -2.14. The van der Waals surface area contributed by atoms with Gasteiger partial charge in [0.15, 0.2) is 0 Å². The second kappa shape index (κ2) is 7.74. The maximum atomic E-state index is 11.3. The van der Waals surface area contributed by atoms with E-state index in [9.17, 15) is 4.79 Å². The lowest BCUT2D eigenvalue weighted by molar-refractivity contribution is -0.118. The van der Waals surface area contributed by atoms with Crippen LogP contribution in [-0.2, 0) is 11.2 Å². The van der Waals surface area contributed by atoms with Crippen LogP contribution >= 0.6 is 45.2 Å². The first-order valence-electron chi connectivity index (χ1n) is 6.85. The zero-order valence-corrected chi connectivity index (χ0v) is 16.7. The molecule has 0 aliphatic carbocycles. The maximum Gasteiger partial charge on any atom is 0.146 e. The topological polar surface area (TPSA) is 52.3 Å². The van der Waals surface area contributed by atoms with E-state index in [4.69, 9.17) is 10.5 Å². The van der Waals surface area contributed by atoms with Crippen molar-refractivity contribution in [2.45, 2.75) is 26.3 Å². The summed E-state index contributed by atoms with van der Waals surface area (Å²) in [7, 11) is 0. The van der Waals surface area contributed by atoms with E-state index in [1.54, 1.807) is 0 Å². The van der Waals surface area contributed by atoms with Crippen LogP contribution in [0.1, 0.15) is 18.1 Å². The summed E-state index contributed by atoms with van der Waals surface area (Å²) >= 11 is 4.52. The smallest absolute Gasteiger partial charge is 0.146 e. The molecule has 0 aromatic heterocycles. The monoisotopic (exact) mass is 521 g/mol. The number of hydrogen-bond donors (Lipinski definition) is 1. The molecular formula is C17H17I2NO2.